The third-order valence-electron chi connectivity index (χ3n) is 4.11. The second-order valence-corrected chi connectivity index (χ2v) is 6.37. The maximum atomic E-state index is 4.90. The Balaban J connectivity index is 1.91. The fourth-order valence-corrected chi connectivity index (χ4v) is 3.98. The molecular weight excluding hydrogens is 268 g/mol. The van der Waals surface area contributed by atoms with Crippen LogP contribution in [-0.4, -0.2) is 27.9 Å². The van der Waals surface area contributed by atoms with Crippen LogP contribution in [-0.2, 0) is 6.54 Å². The van der Waals surface area contributed by atoms with E-state index in [0.29, 0.717) is 5.92 Å². The van der Waals surface area contributed by atoms with Crippen LogP contribution in [0.25, 0.3) is 11.3 Å². The van der Waals surface area contributed by atoms with E-state index in [9.17, 15) is 0 Å². The van der Waals surface area contributed by atoms with Gasteiger partial charge >= 0.3 is 0 Å². The van der Waals surface area contributed by atoms with Crippen molar-refractivity contribution in [3.8, 4) is 11.3 Å². The van der Waals surface area contributed by atoms with Crippen LogP contribution in [0.1, 0.15) is 42.1 Å². The highest BCUT2D eigenvalue weighted by atomic mass is 32.1. The fraction of sp³-hybridized carbons (Fsp3) is 0.600. The van der Waals surface area contributed by atoms with E-state index in [0.717, 1.165) is 31.0 Å². The summed E-state index contributed by atoms with van der Waals surface area (Å²) in [6, 6.07) is 0. The summed E-state index contributed by atoms with van der Waals surface area (Å²) in [5.41, 5.74) is 4.63. The van der Waals surface area contributed by atoms with Crippen LogP contribution >= 0.6 is 11.3 Å². The Bertz CT molecular complexity index is 593. The van der Waals surface area contributed by atoms with E-state index < -0.39 is 0 Å². The second kappa shape index (κ2) is 5.66. The van der Waals surface area contributed by atoms with E-state index in [4.69, 9.17) is 4.98 Å². The molecule has 1 aliphatic rings. The van der Waals surface area contributed by atoms with Crippen LogP contribution in [0, 0.1) is 13.8 Å². The summed E-state index contributed by atoms with van der Waals surface area (Å²) in [5, 5.41) is 11.5. The zero-order chi connectivity index (χ0) is 14.1. The lowest BCUT2D eigenvalue weighted by atomic mass is 10.0. The van der Waals surface area contributed by atoms with Crippen LogP contribution in [0.3, 0.4) is 0 Å². The van der Waals surface area contributed by atoms with Crippen molar-refractivity contribution in [2.45, 2.75) is 46.1 Å². The van der Waals surface area contributed by atoms with Gasteiger partial charge in [0.25, 0.3) is 0 Å². The lowest BCUT2D eigenvalue weighted by Gasteiger charge is -2.20. The van der Waals surface area contributed by atoms with Gasteiger partial charge in [-0.25, -0.2) is 4.98 Å². The number of hydrogen-bond acceptors (Lipinski definition) is 4. The molecule has 5 heteroatoms. The molecular formula is C15H22N4S. The first kappa shape index (κ1) is 13.8. The molecule has 1 unspecified atom stereocenters. The summed E-state index contributed by atoms with van der Waals surface area (Å²) in [6.07, 6.45) is 2.51. The quantitative estimate of drug-likeness (QED) is 0.944. The van der Waals surface area contributed by atoms with Crippen LogP contribution in [0.5, 0.6) is 0 Å². The van der Waals surface area contributed by atoms with Gasteiger partial charge < -0.3 is 5.32 Å². The molecule has 1 N–H and O–H groups in total. The summed E-state index contributed by atoms with van der Waals surface area (Å²) in [4.78, 5) is 4.90. The first-order valence-corrected chi connectivity index (χ1v) is 8.29. The van der Waals surface area contributed by atoms with Gasteiger partial charge in [0.1, 0.15) is 0 Å². The lowest BCUT2D eigenvalue weighted by Crippen LogP contribution is -2.28. The SMILES string of the molecule is CCn1nc(C)c(-c2csc(C3CCCNC3)n2)c1C. The van der Waals surface area contributed by atoms with E-state index in [-0.39, 0.29) is 0 Å². The highest BCUT2D eigenvalue weighted by Crippen LogP contribution is 2.32. The molecule has 3 heterocycles. The highest BCUT2D eigenvalue weighted by Gasteiger charge is 2.21. The predicted molar refractivity (Wildman–Crippen MR) is 83.3 cm³/mol. The summed E-state index contributed by atoms with van der Waals surface area (Å²) in [5.74, 6) is 0.587. The van der Waals surface area contributed by atoms with Crippen molar-refractivity contribution in [3.63, 3.8) is 0 Å². The number of aryl methyl sites for hydroxylation is 2. The summed E-state index contributed by atoms with van der Waals surface area (Å²) < 4.78 is 2.06. The van der Waals surface area contributed by atoms with Crippen molar-refractivity contribution in [3.05, 3.63) is 21.8 Å². The smallest absolute Gasteiger partial charge is 0.0976 e. The molecule has 108 valence electrons. The van der Waals surface area contributed by atoms with E-state index in [1.165, 1.54) is 29.1 Å². The number of piperidine rings is 1. The van der Waals surface area contributed by atoms with Gasteiger partial charge in [0.15, 0.2) is 0 Å². The molecule has 0 saturated carbocycles. The topological polar surface area (TPSA) is 42.7 Å². The molecule has 0 bridgehead atoms. The molecule has 0 aliphatic carbocycles. The Labute approximate surface area is 124 Å². The Morgan fingerprint density at radius 3 is 2.95 bits per heavy atom. The van der Waals surface area contributed by atoms with Crippen molar-refractivity contribution in [2.24, 2.45) is 0 Å². The number of nitrogens with one attached hydrogen (secondary N) is 1. The average molecular weight is 290 g/mol. The fourth-order valence-electron chi connectivity index (χ4n) is 3.03. The van der Waals surface area contributed by atoms with Gasteiger partial charge in [0.2, 0.25) is 0 Å². The highest BCUT2D eigenvalue weighted by molar-refractivity contribution is 7.10. The summed E-state index contributed by atoms with van der Waals surface area (Å²) in [6.45, 7) is 9.48. The third kappa shape index (κ3) is 2.40. The van der Waals surface area contributed by atoms with Gasteiger partial charge in [-0.3, -0.25) is 4.68 Å². The molecule has 1 atom stereocenters. The summed E-state index contributed by atoms with van der Waals surface area (Å²) in [7, 11) is 0. The Morgan fingerprint density at radius 2 is 2.30 bits per heavy atom. The molecule has 20 heavy (non-hydrogen) atoms. The molecule has 1 aliphatic heterocycles. The molecule has 2 aromatic heterocycles. The number of hydrogen-bond donors (Lipinski definition) is 1. The van der Waals surface area contributed by atoms with Crippen molar-refractivity contribution in [2.75, 3.05) is 13.1 Å². The second-order valence-electron chi connectivity index (χ2n) is 5.48. The first-order valence-electron chi connectivity index (χ1n) is 7.41. The molecule has 0 radical (unpaired) electrons. The van der Waals surface area contributed by atoms with Crippen LogP contribution in [0.15, 0.2) is 5.38 Å². The van der Waals surface area contributed by atoms with Gasteiger partial charge in [-0.2, -0.15) is 5.10 Å². The van der Waals surface area contributed by atoms with Crippen LogP contribution in [0.4, 0.5) is 0 Å². The number of rotatable bonds is 3. The average Bonchev–Trinajstić information content (AvgIpc) is 3.04. The van der Waals surface area contributed by atoms with Gasteiger partial charge in [0.05, 0.1) is 16.4 Å². The summed E-state index contributed by atoms with van der Waals surface area (Å²) >= 11 is 1.80. The molecule has 4 nitrogen and oxygen atoms in total. The van der Waals surface area contributed by atoms with Gasteiger partial charge in [-0.1, -0.05) is 0 Å². The molecule has 1 fully saturated rings. The Hall–Kier alpha value is -1.20. The van der Waals surface area contributed by atoms with E-state index in [1.807, 2.05) is 0 Å². The van der Waals surface area contributed by atoms with Crippen molar-refractivity contribution in [1.82, 2.24) is 20.1 Å². The van der Waals surface area contributed by atoms with Crippen molar-refractivity contribution >= 4 is 11.3 Å². The normalized spacial score (nSPS) is 19.4. The maximum Gasteiger partial charge on any atom is 0.0976 e. The molecule has 1 saturated heterocycles. The zero-order valence-electron chi connectivity index (χ0n) is 12.4. The molecule has 0 aromatic carbocycles. The first-order chi connectivity index (χ1) is 9.70. The zero-order valence-corrected chi connectivity index (χ0v) is 13.3. The van der Waals surface area contributed by atoms with Crippen LogP contribution < -0.4 is 5.32 Å². The van der Waals surface area contributed by atoms with Gasteiger partial charge in [-0.15, -0.1) is 11.3 Å². The minimum Gasteiger partial charge on any atom is -0.316 e. The van der Waals surface area contributed by atoms with Gasteiger partial charge in [0, 0.05) is 35.6 Å². The monoisotopic (exact) mass is 290 g/mol. The Morgan fingerprint density at radius 1 is 1.45 bits per heavy atom. The molecule has 0 amide bonds. The molecule has 3 rings (SSSR count). The molecule has 2 aromatic rings. The van der Waals surface area contributed by atoms with E-state index in [1.54, 1.807) is 11.3 Å². The number of thiazole rings is 1. The van der Waals surface area contributed by atoms with Crippen molar-refractivity contribution < 1.29 is 0 Å². The standard InChI is InChI=1S/C15H22N4S/c1-4-19-11(3)14(10(2)18-19)13-9-20-15(17-13)12-6-5-7-16-8-12/h9,12,16H,4-8H2,1-3H3. The lowest BCUT2D eigenvalue weighted by molar-refractivity contribution is 0.460. The minimum absolute atomic E-state index is 0.587. The number of nitrogens with zero attached hydrogens (tertiary/aromatic N) is 3. The minimum atomic E-state index is 0.587. The number of aromatic nitrogens is 3. The third-order valence-corrected chi connectivity index (χ3v) is 5.11. The van der Waals surface area contributed by atoms with Gasteiger partial charge in [-0.05, 0) is 40.2 Å². The molecule has 0 spiro atoms. The maximum absolute atomic E-state index is 4.90. The largest absolute Gasteiger partial charge is 0.316 e. The van der Waals surface area contributed by atoms with Crippen molar-refractivity contribution in [1.29, 1.82) is 0 Å². The predicted octanol–water partition coefficient (Wildman–Crippen LogP) is 3.11. The van der Waals surface area contributed by atoms with E-state index in [2.05, 4.69) is 41.2 Å². The van der Waals surface area contributed by atoms with E-state index >= 15 is 0 Å². The van der Waals surface area contributed by atoms with Crippen LogP contribution in [0.2, 0.25) is 0 Å². The Kier molecular flexibility index (Phi) is 3.89.